The second-order valence-electron chi connectivity index (χ2n) is 5.55. The Morgan fingerprint density at radius 2 is 2.00 bits per heavy atom. The van der Waals surface area contributed by atoms with Crippen LogP contribution in [0.4, 0.5) is 0 Å². The van der Waals surface area contributed by atoms with E-state index >= 15 is 0 Å². The van der Waals surface area contributed by atoms with E-state index in [1.807, 2.05) is 35.0 Å². The molecule has 1 aliphatic rings. The van der Waals surface area contributed by atoms with E-state index in [4.69, 9.17) is 9.15 Å². The Morgan fingerprint density at radius 3 is 2.83 bits per heavy atom. The van der Waals surface area contributed by atoms with Crippen LogP contribution in [0.3, 0.4) is 0 Å². The maximum atomic E-state index is 5.57. The molecule has 1 fully saturated rings. The first-order chi connectivity index (χ1) is 11.9. The number of hydrogen-bond donors (Lipinski definition) is 0. The lowest BCUT2D eigenvalue weighted by molar-refractivity contribution is 0.0631. The highest BCUT2D eigenvalue weighted by atomic mass is 32.2. The first kappa shape index (κ1) is 15.3. The van der Waals surface area contributed by atoms with Crippen LogP contribution in [0.25, 0.3) is 11.5 Å². The number of benzene rings is 1. The van der Waals surface area contributed by atoms with Crippen molar-refractivity contribution >= 4 is 11.8 Å². The number of nitrogens with zero attached hydrogens (tertiary/aromatic N) is 5. The summed E-state index contributed by atoms with van der Waals surface area (Å²) >= 11 is 1.57. The predicted molar refractivity (Wildman–Crippen MR) is 88.4 cm³/mol. The smallest absolute Gasteiger partial charge is 0.226 e. The Morgan fingerprint density at radius 1 is 1.17 bits per heavy atom. The number of ether oxygens (including phenoxy) is 1. The lowest BCUT2D eigenvalue weighted by atomic mass is 10.1. The van der Waals surface area contributed by atoms with Gasteiger partial charge < -0.3 is 9.15 Å². The van der Waals surface area contributed by atoms with Gasteiger partial charge in [-0.2, -0.15) is 0 Å². The van der Waals surface area contributed by atoms with Gasteiger partial charge in [0.25, 0.3) is 0 Å². The highest BCUT2D eigenvalue weighted by Gasteiger charge is 2.21. The molecule has 0 atom stereocenters. The van der Waals surface area contributed by atoms with Crippen LogP contribution in [0, 0.1) is 0 Å². The van der Waals surface area contributed by atoms with Crippen molar-refractivity contribution in [3.05, 3.63) is 42.3 Å². The summed E-state index contributed by atoms with van der Waals surface area (Å²) < 4.78 is 12.9. The molecule has 0 unspecified atom stereocenters. The third-order valence-corrected chi connectivity index (χ3v) is 4.89. The van der Waals surface area contributed by atoms with E-state index in [0.29, 0.717) is 17.7 Å². The van der Waals surface area contributed by atoms with E-state index in [-0.39, 0.29) is 0 Å². The average molecular weight is 343 g/mol. The largest absolute Gasteiger partial charge is 0.444 e. The Bertz CT molecular complexity index is 783. The molecule has 0 spiro atoms. The summed E-state index contributed by atoms with van der Waals surface area (Å²) in [6, 6.07) is 10.2. The summed E-state index contributed by atoms with van der Waals surface area (Å²) in [6.07, 6.45) is 3.58. The van der Waals surface area contributed by atoms with Crippen LogP contribution in [-0.2, 0) is 10.5 Å². The number of oxazole rings is 1. The van der Waals surface area contributed by atoms with Crippen LogP contribution in [-0.4, -0.2) is 38.4 Å². The normalized spacial score (nSPS) is 15.7. The van der Waals surface area contributed by atoms with Crippen molar-refractivity contribution in [3.8, 4) is 11.5 Å². The van der Waals surface area contributed by atoms with Gasteiger partial charge in [0, 0.05) is 24.5 Å². The third kappa shape index (κ3) is 3.34. The van der Waals surface area contributed by atoms with Gasteiger partial charge in [-0.15, -0.1) is 5.10 Å². The molecule has 0 aliphatic carbocycles. The molecule has 0 N–H and O–H groups in total. The lowest BCUT2D eigenvalue weighted by Crippen LogP contribution is -2.21. The molecule has 0 saturated carbocycles. The summed E-state index contributed by atoms with van der Waals surface area (Å²) in [6.45, 7) is 1.52. The SMILES string of the molecule is c1ccc(-c2nc(CSc3nnnn3C3CCOCC3)co2)cc1. The molecule has 7 nitrogen and oxygen atoms in total. The first-order valence-corrected chi connectivity index (χ1v) is 8.87. The van der Waals surface area contributed by atoms with Crippen molar-refractivity contribution in [1.82, 2.24) is 25.2 Å². The van der Waals surface area contributed by atoms with E-state index in [1.165, 1.54) is 0 Å². The minimum atomic E-state index is 0.313. The number of aromatic nitrogens is 5. The summed E-state index contributed by atoms with van der Waals surface area (Å²) in [7, 11) is 0. The molecule has 24 heavy (non-hydrogen) atoms. The van der Waals surface area contributed by atoms with Crippen LogP contribution < -0.4 is 0 Å². The van der Waals surface area contributed by atoms with E-state index in [9.17, 15) is 0 Å². The maximum absolute atomic E-state index is 5.57. The van der Waals surface area contributed by atoms with Crippen LogP contribution in [0.5, 0.6) is 0 Å². The van der Waals surface area contributed by atoms with Crippen LogP contribution >= 0.6 is 11.8 Å². The van der Waals surface area contributed by atoms with Gasteiger partial charge in [0.05, 0.1) is 11.7 Å². The summed E-state index contributed by atoms with van der Waals surface area (Å²) in [5, 5.41) is 12.9. The molecule has 1 saturated heterocycles. The standard InChI is InChI=1S/C16H17N5O2S/c1-2-4-12(5-3-1)15-17-13(10-23-15)11-24-16-18-19-20-21(16)14-6-8-22-9-7-14/h1-5,10,14H,6-9,11H2. The zero-order valence-corrected chi connectivity index (χ0v) is 13.9. The molecular weight excluding hydrogens is 326 g/mol. The fourth-order valence-corrected chi connectivity index (χ4v) is 3.49. The zero-order valence-electron chi connectivity index (χ0n) is 13.0. The van der Waals surface area contributed by atoms with Crippen molar-refractivity contribution in [2.75, 3.05) is 13.2 Å². The second kappa shape index (κ2) is 7.14. The highest BCUT2D eigenvalue weighted by molar-refractivity contribution is 7.98. The van der Waals surface area contributed by atoms with Gasteiger partial charge in [-0.1, -0.05) is 30.0 Å². The van der Waals surface area contributed by atoms with Gasteiger partial charge in [0.2, 0.25) is 11.0 Å². The molecule has 124 valence electrons. The zero-order chi connectivity index (χ0) is 16.2. The van der Waals surface area contributed by atoms with E-state index in [1.54, 1.807) is 18.0 Å². The molecule has 2 aromatic heterocycles. The molecule has 0 bridgehead atoms. The van der Waals surface area contributed by atoms with Crippen molar-refractivity contribution in [2.45, 2.75) is 29.8 Å². The quantitative estimate of drug-likeness (QED) is 0.659. The Balaban J connectivity index is 1.43. The fourth-order valence-electron chi connectivity index (χ4n) is 2.66. The molecule has 4 rings (SSSR count). The second-order valence-corrected chi connectivity index (χ2v) is 6.49. The molecular formula is C16H17N5O2S. The first-order valence-electron chi connectivity index (χ1n) is 7.88. The average Bonchev–Trinajstić information content (AvgIpc) is 3.31. The van der Waals surface area contributed by atoms with Crippen molar-refractivity contribution in [2.24, 2.45) is 0 Å². The van der Waals surface area contributed by atoms with Gasteiger partial charge in [-0.3, -0.25) is 0 Å². The summed E-state index contributed by atoms with van der Waals surface area (Å²) in [5.74, 6) is 1.30. The summed E-state index contributed by atoms with van der Waals surface area (Å²) in [5.41, 5.74) is 1.85. The van der Waals surface area contributed by atoms with Crippen molar-refractivity contribution < 1.29 is 9.15 Å². The minimum Gasteiger partial charge on any atom is -0.444 e. The molecule has 3 aromatic rings. The van der Waals surface area contributed by atoms with Gasteiger partial charge in [-0.05, 0) is 35.4 Å². The third-order valence-electron chi connectivity index (χ3n) is 3.92. The lowest BCUT2D eigenvalue weighted by Gasteiger charge is -2.22. The molecule has 8 heteroatoms. The highest BCUT2D eigenvalue weighted by Crippen LogP contribution is 2.27. The van der Waals surface area contributed by atoms with Crippen molar-refractivity contribution in [3.63, 3.8) is 0 Å². The van der Waals surface area contributed by atoms with Crippen LogP contribution in [0.15, 0.2) is 46.2 Å². The summed E-state index contributed by atoms with van der Waals surface area (Å²) in [4.78, 5) is 4.54. The Hall–Kier alpha value is -2.19. The Kier molecular flexibility index (Phi) is 4.57. The molecule has 0 radical (unpaired) electrons. The van der Waals surface area contributed by atoms with Gasteiger partial charge in [-0.25, -0.2) is 9.67 Å². The maximum Gasteiger partial charge on any atom is 0.226 e. The van der Waals surface area contributed by atoms with Gasteiger partial charge in [0.15, 0.2) is 0 Å². The molecule has 0 amide bonds. The minimum absolute atomic E-state index is 0.313. The van der Waals surface area contributed by atoms with Crippen LogP contribution in [0.1, 0.15) is 24.6 Å². The Labute approximate surface area is 143 Å². The van der Waals surface area contributed by atoms with E-state index in [0.717, 1.165) is 42.5 Å². The van der Waals surface area contributed by atoms with Crippen molar-refractivity contribution in [1.29, 1.82) is 0 Å². The molecule has 1 aliphatic heterocycles. The van der Waals surface area contributed by atoms with Gasteiger partial charge >= 0.3 is 0 Å². The number of thioether (sulfide) groups is 1. The molecule has 3 heterocycles. The number of tetrazole rings is 1. The predicted octanol–water partition coefficient (Wildman–Crippen LogP) is 2.97. The van der Waals surface area contributed by atoms with E-state index in [2.05, 4.69) is 20.5 Å². The van der Waals surface area contributed by atoms with Crippen LogP contribution in [0.2, 0.25) is 0 Å². The number of hydrogen-bond acceptors (Lipinski definition) is 7. The molecule has 1 aromatic carbocycles. The monoisotopic (exact) mass is 343 g/mol. The number of rotatable bonds is 5. The topological polar surface area (TPSA) is 78.9 Å². The van der Waals surface area contributed by atoms with Gasteiger partial charge in [0.1, 0.15) is 6.26 Å². The fraction of sp³-hybridized carbons (Fsp3) is 0.375. The van der Waals surface area contributed by atoms with E-state index < -0.39 is 0 Å².